The molecule has 2 aromatic rings. The fourth-order valence-corrected chi connectivity index (χ4v) is 3.98. The molecule has 0 atom stereocenters. The van der Waals surface area contributed by atoms with Crippen LogP contribution in [0.5, 0.6) is 17.2 Å². The maximum atomic E-state index is 12.3. The second kappa shape index (κ2) is 9.61. The molecule has 5 nitrogen and oxygen atoms in total. The molecule has 3 rings (SSSR count). The molecule has 0 bridgehead atoms. The van der Waals surface area contributed by atoms with Gasteiger partial charge in [-0.25, -0.2) is 0 Å². The van der Waals surface area contributed by atoms with Crippen molar-refractivity contribution in [2.45, 2.75) is 6.92 Å². The third-order valence-corrected chi connectivity index (χ3v) is 5.41. The Bertz CT molecular complexity index is 880. The van der Waals surface area contributed by atoms with Crippen molar-refractivity contribution in [1.82, 2.24) is 4.90 Å². The molecule has 0 aliphatic carbocycles. The first-order valence-electron chi connectivity index (χ1n) is 8.86. The van der Waals surface area contributed by atoms with Crippen molar-refractivity contribution < 1.29 is 19.0 Å². The van der Waals surface area contributed by atoms with Gasteiger partial charge in [0.2, 0.25) is 0 Å². The molecule has 28 heavy (non-hydrogen) atoms. The fraction of sp³-hybridized carbons (Fsp3) is 0.238. The lowest BCUT2D eigenvalue weighted by Crippen LogP contribution is -2.27. The van der Waals surface area contributed by atoms with Crippen LogP contribution in [0.1, 0.15) is 12.5 Å². The molecule has 0 saturated carbocycles. The summed E-state index contributed by atoms with van der Waals surface area (Å²) in [6.07, 6.45) is 1.85. The molecule has 1 aliphatic heterocycles. The minimum absolute atomic E-state index is 0.0347. The highest BCUT2D eigenvalue weighted by Gasteiger charge is 2.30. The van der Waals surface area contributed by atoms with E-state index in [0.717, 1.165) is 22.8 Å². The van der Waals surface area contributed by atoms with Gasteiger partial charge in [-0.1, -0.05) is 42.2 Å². The van der Waals surface area contributed by atoms with Crippen LogP contribution in [0.15, 0.2) is 53.4 Å². The molecule has 0 aromatic heterocycles. The zero-order chi connectivity index (χ0) is 19.9. The van der Waals surface area contributed by atoms with Gasteiger partial charge in [-0.2, -0.15) is 0 Å². The molecule has 7 heteroatoms. The van der Waals surface area contributed by atoms with E-state index < -0.39 is 0 Å². The molecule has 0 N–H and O–H groups in total. The number of thioether (sulfide) groups is 1. The minimum atomic E-state index is -0.0347. The summed E-state index contributed by atoms with van der Waals surface area (Å²) < 4.78 is 17.1. The number of thiocarbonyl (C=S) groups is 1. The number of likely N-dealkylation sites (N-methyl/N-ethyl adjacent to an activating group) is 1. The van der Waals surface area contributed by atoms with Crippen molar-refractivity contribution >= 4 is 40.3 Å². The van der Waals surface area contributed by atoms with Crippen molar-refractivity contribution in [1.29, 1.82) is 0 Å². The van der Waals surface area contributed by atoms with Crippen LogP contribution in [0, 0.1) is 0 Å². The number of hydrogen-bond acceptors (Lipinski definition) is 6. The van der Waals surface area contributed by atoms with Gasteiger partial charge in [-0.3, -0.25) is 9.69 Å². The average molecular weight is 416 g/mol. The van der Waals surface area contributed by atoms with Crippen LogP contribution >= 0.6 is 24.0 Å². The molecule has 0 unspecified atom stereocenters. The van der Waals surface area contributed by atoms with Gasteiger partial charge in [-0.15, -0.1) is 0 Å². The number of amides is 1. The van der Waals surface area contributed by atoms with Crippen LogP contribution in [0.4, 0.5) is 0 Å². The molecule has 1 amide bonds. The SMILES string of the molecule is CCN1C(=O)/C(=C/c2ccc(OCCOc3cccc(OC)c3)cc2)SC1=S. The summed E-state index contributed by atoms with van der Waals surface area (Å²) in [5, 5.41) is 0. The highest BCUT2D eigenvalue weighted by Crippen LogP contribution is 2.32. The minimum Gasteiger partial charge on any atom is -0.497 e. The smallest absolute Gasteiger partial charge is 0.266 e. The molecule has 1 fully saturated rings. The van der Waals surface area contributed by atoms with E-state index in [9.17, 15) is 4.79 Å². The van der Waals surface area contributed by atoms with Crippen molar-refractivity contribution in [3.63, 3.8) is 0 Å². The molecular weight excluding hydrogens is 394 g/mol. The number of hydrogen-bond donors (Lipinski definition) is 0. The third kappa shape index (κ3) is 5.05. The average Bonchev–Trinajstić information content (AvgIpc) is 2.99. The van der Waals surface area contributed by atoms with Crippen LogP contribution < -0.4 is 14.2 Å². The Morgan fingerprint density at radius 1 is 1.04 bits per heavy atom. The zero-order valence-electron chi connectivity index (χ0n) is 15.7. The van der Waals surface area contributed by atoms with Crippen LogP contribution in [0.2, 0.25) is 0 Å². The van der Waals surface area contributed by atoms with Gasteiger partial charge in [-0.05, 0) is 42.8 Å². The van der Waals surface area contributed by atoms with Gasteiger partial charge in [0.15, 0.2) is 0 Å². The Hall–Kier alpha value is -2.51. The number of carbonyl (C=O) groups is 1. The van der Waals surface area contributed by atoms with E-state index in [2.05, 4.69) is 0 Å². The number of nitrogens with zero attached hydrogens (tertiary/aromatic N) is 1. The summed E-state index contributed by atoms with van der Waals surface area (Å²) in [5.74, 6) is 2.20. The quantitative estimate of drug-likeness (QED) is 0.362. The monoisotopic (exact) mass is 415 g/mol. The predicted molar refractivity (Wildman–Crippen MR) is 116 cm³/mol. The predicted octanol–water partition coefficient (Wildman–Crippen LogP) is 4.37. The second-order valence-electron chi connectivity index (χ2n) is 5.87. The molecule has 1 heterocycles. The van der Waals surface area contributed by atoms with E-state index in [1.165, 1.54) is 11.8 Å². The van der Waals surface area contributed by atoms with Crippen LogP contribution in [-0.4, -0.2) is 42.0 Å². The molecule has 1 saturated heterocycles. The largest absolute Gasteiger partial charge is 0.497 e. The maximum absolute atomic E-state index is 12.3. The Balaban J connectivity index is 1.50. The molecule has 0 radical (unpaired) electrons. The summed E-state index contributed by atoms with van der Waals surface area (Å²) in [7, 11) is 1.62. The van der Waals surface area contributed by atoms with Crippen LogP contribution in [-0.2, 0) is 4.79 Å². The van der Waals surface area contributed by atoms with E-state index in [-0.39, 0.29) is 5.91 Å². The van der Waals surface area contributed by atoms with E-state index in [1.54, 1.807) is 12.0 Å². The molecule has 2 aromatic carbocycles. The highest BCUT2D eigenvalue weighted by atomic mass is 32.2. The van der Waals surface area contributed by atoms with Crippen molar-refractivity contribution in [3.8, 4) is 17.2 Å². The Kier molecular flexibility index (Phi) is 6.95. The van der Waals surface area contributed by atoms with Crippen LogP contribution in [0.3, 0.4) is 0 Å². The lowest BCUT2D eigenvalue weighted by atomic mass is 10.2. The van der Waals surface area contributed by atoms with Gasteiger partial charge >= 0.3 is 0 Å². The Morgan fingerprint density at radius 3 is 2.36 bits per heavy atom. The normalized spacial score (nSPS) is 15.2. The number of ether oxygens (including phenoxy) is 3. The fourth-order valence-electron chi connectivity index (χ4n) is 2.59. The van der Waals surface area contributed by atoms with Gasteiger partial charge < -0.3 is 14.2 Å². The molecule has 0 spiro atoms. The Morgan fingerprint density at radius 2 is 1.71 bits per heavy atom. The van der Waals surface area contributed by atoms with Gasteiger partial charge in [0, 0.05) is 12.6 Å². The second-order valence-corrected chi connectivity index (χ2v) is 7.55. The third-order valence-electron chi connectivity index (χ3n) is 4.03. The topological polar surface area (TPSA) is 48.0 Å². The molecule has 146 valence electrons. The van der Waals surface area contributed by atoms with E-state index >= 15 is 0 Å². The number of carbonyl (C=O) groups excluding carboxylic acids is 1. The van der Waals surface area contributed by atoms with Crippen molar-refractivity contribution in [3.05, 3.63) is 59.0 Å². The lowest BCUT2D eigenvalue weighted by molar-refractivity contribution is -0.121. The molecule has 1 aliphatic rings. The highest BCUT2D eigenvalue weighted by molar-refractivity contribution is 8.26. The maximum Gasteiger partial charge on any atom is 0.266 e. The Labute approximate surface area is 174 Å². The van der Waals surface area contributed by atoms with Crippen molar-refractivity contribution in [2.75, 3.05) is 26.9 Å². The van der Waals surface area contributed by atoms with Gasteiger partial charge in [0.25, 0.3) is 5.91 Å². The van der Waals surface area contributed by atoms with E-state index in [4.69, 9.17) is 26.4 Å². The van der Waals surface area contributed by atoms with Gasteiger partial charge in [0.1, 0.15) is 34.8 Å². The number of methoxy groups -OCH3 is 1. The zero-order valence-corrected chi connectivity index (χ0v) is 17.3. The molecular formula is C21H21NO4S2. The van der Waals surface area contributed by atoms with Crippen molar-refractivity contribution in [2.24, 2.45) is 0 Å². The summed E-state index contributed by atoms with van der Waals surface area (Å²) in [5.41, 5.74) is 0.927. The first kappa shape index (κ1) is 20.2. The summed E-state index contributed by atoms with van der Waals surface area (Å²) in [6.45, 7) is 3.35. The van der Waals surface area contributed by atoms with E-state index in [1.807, 2.05) is 61.5 Å². The summed E-state index contributed by atoms with van der Waals surface area (Å²) in [6, 6.07) is 15.0. The summed E-state index contributed by atoms with van der Waals surface area (Å²) >= 11 is 6.56. The first-order valence-corrected chi connectivity index (χ1v) is 10.1. The lowest BCUT2D eigenvalue weighted by Gasteiger charge is -2.10. The van der Waals surface area contributed by atoms with Gasteiger partial charge in [0.05, 0.1) is 12.0 Å². The number of rotatable bonds is 8. The summed E-state index contributed by atoms with van der Waals surface area (Å²) in [4.78, 5) is 14.5. The standard InChI is InChI=1S/C21H21NO4S2/c1-3-22-20(23)19(28-21(22)27)13-15-7-9-16(10-8-15)25-11-12-26-18-6-4-5-17(14-18)24-2/h4-10,13-14H,3,11-12H2,1-2H3/b19-13-. The van der Waals surface area contributed by atoms with Crippen LogP contribution in [0.25, 0.3) is 6.08 Å². The first-order chi connectivity index (χ1) is 13.6. The van der Waals surface area contributed by atoms with E-state index in [0.29, 0.717) is 29.0 Å². The number of benzene rings is 2.